The van der Waals surface area contributed by atoms with Crippen molar-refractivity contribution in [1.82, 2.24) is 9.13 Å². The van der Waals surface area contributed by atoms with Crippen LogP contribution in [0.3, 0.4) is 0 Å². The van der Waals surface area contributed by atoms with Crippen molar-refractivity contribution in [1.29, 1.82) is 5.26 Å². The van der Waals surface area contributed by atoms with Gasteiger partial charge in [-0.15, -0.1) is 0 Å². The Kier molecular flexibility index (Phi) is 6.44. The predicted molar refractivity (Wildman–Crippen MR) is 186 cm³/mol. The number of para-hydroxylation sites is 4. The number of benzene rings is 6. The number of hydrogen-bond donors (Lipinski definition) is 0. The van der Waals surface area contributed by atoms with Crippen LogP contribution in [-0.4, -0.2) is 9.13 Å². The molecule has 0 aliphatic rings. The largest absolute Gasteiger partial charge is 0.415 e. The summed E-state index contributed by atoms with van der Waals surface area (Å²) in [5.74, 6) is 0. The first-order chi connectivity index (χ1) is 23.2. The molecule has 0 fully saturated rings. The summed E-state index contributed by atoms with van der Waals surface area (Å²) >= 11 is 0. The molecule has 2 aromatic heterocycles. The molecule has 230 valence electrons. The van der Waals surface area contributed by atoms with Crippen molar-refractivity contribution in [3.05, 3.63) is 149 Å². The van der Waals surface area contributed by atoms with Gasteiger partial charge in [0.2, 0.25) is 0 Å². The lowest BCUT2D eigenvalue weighted by atomic mass is 9.96. The topological polar surface area (TPSA) is 38.0 Å². The number of rotatable bonds is 3. The molecule has 4 nitrogen and oxygen atoms in total. The monoisotopic (exact) mass is 630 g/mol. The number of nitrogens with zero attached hydrogens (tertiary/aromatic N) is 4. The van der Waals surface area contributed by atoms with Crippen molar-refractivity contribution in [2.75, 3.05) is 0 Å². The fourth-order valence-corrected chi connectivity index (χ4v) is 7.14. The minimum Gasteiger partial charge on any atom is -0.308 e. The molecule has 0 aliphatic heterocycles. The average molecular weight is 631 g/mol. The van der Waals surface area contributed by atoms with Crippen LogP contribution in [0, 0.1) is 31.8 Å². The van der Waals surface area contributed by atoms with Crippen LogP contribution in [-0.2, 0) is 6.18 Å². The summed E-state index contributed by atoms with van der Waals surface area (Å²) in [5.41, 5.74) is 6.59. The van der Waals surface area contributed by atoms with Gasteiger partial charge in [-0.1, -0.05) is 72.8 Å². The summed E-state index contributed by atoms with van der Waals surface area (Å²) in [7, 11) is 0. The van der Waals surface area contributed by atoms with Gasteiger partial charge in [-0.25, -0.2) is 4.85 Å². The average Bonchev–Trinajstić information content (AvgIpc) is 3.62. The number of alkyl halides is 3. The molecule has 0 saturated heterocycles. The van der Waals surface area contributed by atoms with E-state index >= 15 is 0 Å². The zero-order valence-corrected chi connectivity index (χ0v) is 25.9. The molecule has 0 unspecified atom stereocenters. The molecule has 8 rings (SSSR count). The Labute approximate surface area is 273 Å². The van der Waals surface area contributed by atoms with E-state index in [2.05, 4.69) is 10.9 Å². The maximum atomic E-state index is 14.3. The first-order valence-corrected chi connectivity index (χ1v) is 15.4. The van der Waals surface area contributed by atoms with E-state index in [-0.39, 0.29) is 11.3 Å². The summed E-state index contributed by atoms with van der Waals surface area (Å²) in [6.07, 6.45) is -4.67. The van der Waals surface area contributed by atoms with Crippen molar-refractivity contribution >= 4 is 49.3 Å². The number of aromatic nitrogens is 2. The summed E-state index contributed by atoms with van der Waals surface area (Å²) in [6.45, 7) is 11.7. The number of nitriles is 1. The summed E-state index contributed by atoms with van der Waals surface area (Å²) < 4.78 is 47.0. The van der Waals surface area contributed by atoms with Gasteiger partial charge in [-0.05, 0) is 73.0 Å². The molecule has 0 atom stereocenters. The minimum absolute atomic E-state index is 0.122. The minimum atomic E-state index is -4.67. The van der Waals surface area contributed by atoms with Crippen molar-refractivity contribution in [2.24, 2.45) is 0 Å². The van der Waals surface area contributed by atoms with Crippen molar-refractivity contribution in [3.8, 4) is 28.6 Å². The second kappa shape index (κ2) is 10.6. The van der Waals surface area contributed by atoms with E-state index in [1.165, 1.54) is 6.07 Å². The highest BCUT2D eigenvalue weighted by Crippen LogP contribution is 2.43. The Morgan fingerprint density at radius 2 is 1.19 bits per heavy atom. The van der Waals surface area contributed by atoms with Crippen LogP contribution in [0.2, 0.25) is 0 Å². The lowest BCUT2D eigenvalue weighted by Gasteiger charge is -2.20. The van der Waals surface area contributed by atoms with Gasteiger partial charge in [-0.2, -0.15) is 18.4 Å². The smallest absolute Gasteiger partial charge is 0.308 e. The van der Waals surface area contributed by atoms with E-state index < -0.39 is 11.7 Å². The Bertz CT molecular complexity index is 2710. The molecule has 0 aliphatic carbocycles. The normalized spacial score (nSPS) is 11.8. The van der Waals surface area contributed by atoms with E-state index in [1.54, 1.807) is 6.07 Å². The standard InChI is InChI=1S/C41H25F3N4/c1-24-10-8-14-32-30-12-4-6-16-35(30)47(39(24)32)37-22-34(26-18-28(41(42,43)44)21-29(19-26)46-3)38(20-27(37)23-45)48-36-17-7-5-13-31(36)33-15-9-11-25(2)40(33)48/h4-22H,1-2H3. The molecular formula is C41H25F3N4. The Morgan fingerprint density at radius 1 is 0.646 bits per heavy atom. The Hall–Kier alpha value is -6.31. The maximum absolute atomic E-state index is 14.3. The van der Waals surface area contributed by atoms with Gasteiger partial charge in [0, 0.05) is 32.7 Å². The number of hydrogen-bond acceptors (Lipinski definition) is 1. The van der Waals surface area contributed by atoms with E-state index in [4.69, 9.17) is 6.57 Å². The zero-order valence-electron chi connectivity index (χ0n) is 25.9. The van der Waals surface area contributed by atoms with Gasteiger partial charge < -0.3 is 9.13 Å². The number of halogens is 3. The molecule has 8 aromatic rings. The molecule has 0 saturated carbocycles. The fraction of sp³-hybridized carbons (Fsp3) is 0.0732. The van der Waals surface area contributed by atoms with E-state index in [9.17, 15) is 18.4 Å². The van der Waals surface area contributed by atoms with Crippen LogP contribution >= 0.6 is 0 Å². The van der Waals surface area contributed by atoms with E-state index in [1.807, 2.05) is 114 Å². The molecule has 2 heterocycles. The molecule has 6 aromatic carbocycles. The fourth-order valence-electron chi connectivity index (χ4n) is 7.14. The van der Waals surface area contributed by atoms with E-state index in [0.29, 0.717) is 22.5 Å². The van der Waals surface area contributed by atoms with E-state index in [0.717, 1.165) is 66.9 Å². The molecule has 7 heteroatoms. The zero-order chi connectivity index (χ0) is 33.3. The molecule has 0 radical (unpaired) electrons. The lowest BCUT2D eigenvalue weighted by molar-refractivity contribution is -0.137. The van der Waals surface area contributed by atoms with Crippen LogP contribution in [0.1, 0.15) is 22.3 Å². The second-order valence-electron chi connectivity index (χ2n) is 12.0. The van der Waals surface area contributed by atoms with Gasteiger partial charge in [0.1, 0.15) is 6.07 Å². The van der Waals surface area contributed by atoms with Crippen LogP contribution in [0.25, 0.3) is 71.0 Å². The van der Waals surface area contributed by atoms with Crippen molar-refractivity contribution in [2.45, 2.75) is 20.0 Å². The number of fused-ring (bicyclic) bond motifs is 6. The van der Waals surface area contributed by atoms with Gasteiger partial charge >= 0.3 is 6.18 Å². The third kappa shape index (κ3) is 4.29. The highest BCUT2D eigenvalue weighted by Gasteiger charge is 2.32. The molecule has 0 spiro atoms. The van der Waals surface area contributed by atoms with Gasteiger partial charge in [0.15, 0.2) is 5.69 Å². The quantitative estimate of drug-likeness (QED) is 0.179. The third-order valence-electron chi connectivity index (χ3n) is 9.19. The first kappa shape index (κ1) is 29.1. The summed E-state index contributed by atoms with van der Waals surface area (Å²) in [6, 6.07) is 37.3. The predicted octanol–water partition coefficient (Wildman–Crippen LogP) is 11.6. The summed E-state index contributed by atoms with van der Waals surface area (Å²) in [4.78, 5) is 3.42. The van der Waals surface area contributed by atoms with Crippen molar-refractivity contribution in [3.63, 3.8) is 0 Å². The second-order valence-corrected chi connectivity index (χ2v) is 12.0. The highest BCUT2D eigenvalue weighted by molar-refractivity contribution is 6.12. The number of aryl methyl sites for hydroxylation is 2. The molecular weight excluding hydrogens is 605 g/mol. The first-order valence-electron chi connectivity index (χ1n) is 15.4. The molecule has 0 amide bonds. The Balaban J connectivity index is 1.58. The summed E-state index contributed by atoms with van der Waals surface area (Å²) in [5, 5.41) is 14.7. The van der Waals surface area contributed by atoms with Crippen LogP contribution in [0.5, 0.6) is 0 Å². The van der Waals surface area contributed by atoms with Crippen LogP contribution in [0.4, 0.5) is 18.9 Å². The van der Waals surface area contributed by atoms with Crippen molar-refractivity contribution < 1.29 is 13.2 Å². The van der Waals surface area contributed by atoms with Gasteiger partial charge in [0.05, 0.1) is 45.6 Å². The van der Waals surface area contributed by atoms with Gasteiger partial charge in [0.25, 0.3) is 0 Å². The molecule has 0 bridgehead atoms. The Morgan fingerprint density at radius 3 is 1.73 bits per heavy atom. The SMILES string of the molecule is [C-]#[N+]c1cc(-c2cc(-n3c4ccccc4c4cccc(C)c43)c(C#N)cc2-n2c3ccccc3c3cccc(C)c32)cc(C(F)(F)F)c1. The molecule has 48 heavy (non-hydrogen) atoms. The molecule has 0 N–H and O–H groups in total. The maximum Gasteiger partial charge on any atom is 0.415 e. The van der Waals surface area contributed by atoms with Crippen LogP contribution < -0.4 is 0 Å². The van der Waals surface area contributed by atoms with Crippen LogP contribution in [0.15, 0.2) is 115 Å². The third-order valence-corrected chi connectivity index (χ3v) is 9.19. The highest BCUT2D eigenvalue weighted by atomic mass is 19.4. The van der Waals surface area contributed by atoms with Gasteiger partial charge in [-0.3, -0.25) is 0 Å². The lowest BCUT2D eigenvalue weighted by Crippen LogP contribution is -2.07.